The summed E-state index contributed by atoms with van der Waals surface area (Å²) in [5, 5.41) is 2.24. The molecule has 0 unspecified atom stereocenters. The summed E-state index contributed by atoms with van der Waals surface area (Å²) in [5.41, 5.74) is 1.08. The van der Waals surface area contributed by atoms with Crippen molar-refractivity contribution >= 4 is 28.9 Å². The first-order chi connectivity index (χ1) is 14.2. The molecule has 7 heteroatoms. The predicted octanol–water partition coefficient (Wildman–Crippen LogP) is 4.47. The number of ether oxygens (including phenoxy) is 2. The lowest BCUT2D eigenvalue weighted by atomic mass is 10.2. The summed E-state index contributed by atoms with van der Waals surface area (Å²) in [4.78, 5) is 37.2. The lowest BCUT2D eigenvalue weighted by Gasteiger charge is -2.22. The second kappa shape index (κ2) is 11.4. The van der Waals surface area contributed by atoms with Crippen molar-refractivity contribution < 1.29 is 23.9 Å². The molecular formula is C23H27NO5S. The molecular weight excluding hydrogens is 402 g/mol. The highest BCUT2D eigenvalue weighted by Gasteiger charge is 2.28. The summed E-state index contributed by atoms with van der Waals surface area (Å²) in [6, 6.07) is 17.6. The standard InChI is InChI=1S/C23H27NO5S/c1-23(2,3)29-22(27)24-19(21(26)28-15-17-10-6-4-7-11-17)14-20(25)30-16-18-12-8-5-9-13-18/h4-13,19H,14-16H2,1-3H3,(H,24,27)/t19-/m0/s1. The molecule has 0 aliphatic carbocycles. The second-order valence-electron chi connectivity index (χ2n) is 7.64. The number of thioether (sulfide) groups is 1. The minimum Gasteiger partial charge on any atom is -0.459 e. The Morgan fingerprint density at radius 3 is 2.07 bits per heavy atom. The van der Waals surface area contributed by atoms with E-state index in [9.17, 15) is 14.4 Å². The van der Waals surface area contributed by atoms with Crippen molar-refractivity contribution in [3.63, 3.8) is 0 Å². The molecule has 0 bridgehead atoms. The number of rotatable bonds is 8. The van der Waals surface area contributed by atoms with Crippen molar-refractivity contribution in [1.82, 2.24) is 5.32 Å². The summed E-state index contributed by atoms with van der Waals surface area (Å²) in [6.45, 7) is 5.21. The van der Waals surface area contributed by atoms with E-state index in [1.54, 1.807) is 20.8 Å². The van der Waals surface area contributed by atoms with Crippen LogP contribution in [0, 0.1) is 0 Å². The van der Waals surface area contributed by atoms with Crippen LogP contribution < -0.4 is 5.32 Å². The smallest absolute Gasteiger partial charge is 0.408 e. The summed E-state index contributed by atoms with van der Waals surface area (Å²) >= 11 is 1.09. The van der Waals surface area contributed by atoms with Gasteiger partial charge in [-0.2, -0.15) is 0 Å². The van der Waals surface area contributed by atoms with E-state index in [4.69, 9.17) is 9.47 Å². The molecule has 0 spiro atoms. The summed E-state index contributed by atoms with van der Waals surface area (Å²) < 4.78 is 10.5. The zero-order valence-corrected chi connectivity index (χ0v) is 18.2. The zero-order chi connectivity index (χ0) is 22.0. The molecule has 2 rings (SSSR count). The molecule has 2 aromatic carbocycles. The Bertz CT molecular complexity index is 834. The van der Waals surface area contributed by atoms with Gasteiger partial charge < -0.3 is 14.8 Å². The monoisotopic (exact) mass is 429 g/mol. The van der Waals surface area contributed by atoms with Gasteiger partial charge in [-0.25, -0.2) is 9.59 Å². The SMILES string of the molecule is CC(C)(C)OC(=O)N[C@@H](CC(=O)SCc1ccccc1)C(=O)OCc1ccccc1. The Labute approximate surface area is 181 Å². The first-order valence-electron chi connectivity index (χ1n) is 9.62. The maximum Gasteiger partial charge on any atom is 0.408 e. The highest BCUT2D eigenvalue weighted by Crippen LogP contribution is 2.17. The van der Waals surface area contributed by atoms with Gasteiger partial charge in [-0.1, -0.05) is 72.4 Å². The average Bonchev–Trinajstić information content (AvgIpc) is 2.70. The number of alkyl carbamates (subject to hydrolysis) is 1. The van der Waals surface area contributed by atoms with Crippen LogP contribution in [0.25, 0.3) is 0 Å². The lowest BCUT2D eigenvalue weighted by molar-refractivity contribution is -0.148. The topological polar surface area (TPSA) is 81.7 Å². The van der Waals surface area contributed by atoms with Gasteiger partial charge in [0.1, 0.15) is 18.2 Å². The normalized spacial score (nSPS) is 12.0. The fourth-order valence-corrected chi connectivity index (χ4v) is 3.24. The Hall–Kier alpha value is -2.80. The van der Waals surface area contributed by atoms with Crippen LogP contribution in [0.5, 0.6) is 0 Å². The maximum atomic E-state index is 12.6. The molecule has 1 atom stereocenters. The van der Waals surface area contributed by atoms with Crippen LogP contribution in [0.2, 0.25) is 0 Å². The molecule has 0 saturated carbocycles. The van der Waals surface area contributed by atoms with Crippen LogP contribution in [0.15, 0.2) is 60.7 Å². The highest BCUT2D eigenvalue weighted by molar-refractivity contribution is 8.12. The van der Waals surface area contributed by atoms with Crippen LogP contribution in [-0.4, -0.2) is 28.8 Å². The number of carbonyl (C=O) groups is 3. The van der Waals surface area contributed by atoms with E-state index in [0.29, 0.717) is 5.75 Å². The molecule has 2 aromatic rings. The number of carbonyl (C=O) groups excluding carboxylic acids is 3. The number of amides is 1. The van der Waals surface area contributed by atoms with Gasteiger partial charge in [0.2, 0.25) is 0 Å². The summed E-state index contributed by atoms with van der Waals surface area (Å²) in [7, 11) is 0. The van der Waals surface area contributed by atoms with Crippen molar-refractivity contribution in [2.45, 2.75) is 51.2 Å². The Morgan fingerprint density at radius 2 is 1.50 bits per heavy atom. The third kappa shape index (κ3) is 9.13. The number of benzene rings is 2. The van der Waals surface area contributed by atoms with Crippen molar-refractivity contribution in [3.8, 4) is 0 Å². The highest BCUT2D eigenvalue weighted by atomic mass is 32.2. The molecule has 30 heavy (non-hydrogen) atoms. The first-order valence-corrected chi connectivity index (χ1v) is 10.6. The van der Waals surface area contributed by atoms with E-state index < -0.39 is 23.7 Å². The number of hydrogen-bond donors (Lipinski definition) is 1. The fourth-order valence-electron chi connectivity index (χ4n) is 2.44. The van der Waals surface area contributed by atoms with Crippen LogP contribution in [0.4, 0.5) is 4.79 Å². The van der Waals surface area contributed by atoms with Crippen LogP contribution in [0.1, 0.15) is 38.3 Å². The van der Waals surface area contributed by atoms with Gasteiger partial charge >= 0.3 is 12.1 Å². The lowest BCUT2D eigenvalue weighted by Crippen LogP contribution is -2.45. The first kappa shape index (κ1) is 23.5. The van der Waals surface area contributed by atoms with E-state index in [0.717, 1.165) is 22.9 Å². The van der Waals surface area contributed by atoms with Crippen molar-refractivity contribution in [3.05, 3.63) is 71.8 Å². The summed E-state index contributed by atoms with van der Waals surface area (Å²) in [6.07, 6.45) is -0.963. The molecule has 6 nitrogen and oxygen atoms in total. The van der Waals surface area contributed by atoms with Gasteiger partial charge in [-0.3, -0.25) is 4.79 Å². The Balaban J connectivity index is 1.97. The van der Waals surface area contributed by atoms with E-state index in [-0.39, 0.29) is 18.1 Å². The maximum absolute atomic E-state index is 12.6. The third-order valence-electron chi connectivity index (χ3n) is 3.81. The Morgan fingerprint density at radius 1 is 0.933 bits per heavy atom. The van der Waals surface area contributed by atoms with Crippen LogP contribution in [0.3, 0.4) is 0 Å². The van der Waals surface area contributed by atoms with Crippen molar-refractivity contribution in [1.29, 1.82) is 0 Å². The van der Waals surface area contributed by atoms with Gasteiger partial charge in [0.05, 0.1) is 0 Å². The molecule has 160 valence electrons. The fraction of sp³-hybridized carbons (Fsp3) is 0.348. The van der Waals surface area contributed by atoms with E-state index in [1.807, 2.05) is 60.7 Å². The minimum absolute atomic E-state index is 0.0531. The molecule has 0 fully saturated rings. The molecule has 0 aliphatic heterocycles. The van der Waals surface area contributed by atoms with Crippen LogP contribution in [-0.2, 0) is 31.4 Å². The molecule has 1 amide bonds. The van der Waals surface area contributed by atoms with Crippen molar-refractivity contribution in [2.24, 2.45) is 0 Å². The number of nitrogens with one attached hydrogen (secondary N) is 1. The van der Waals surface area contributed by atoms with E-state index in [1.165, 1.54) is 0 Å². The van der Waals surface area contributed by atoms with Gasteiger partial charge in [0.15, 0.2) is 5.12 Å². The quantitative estimate of drug-likeness (QED) is 0.624. The van der Waals surface area contributed by atoms with E-state index in [2.05, 4.69) is 5.32 Å². The zero-order valence-electron chi connectivity index (χ0n) is 17.4. The molecule has 0 aromatic heterocycles. The van der Waals surface area contributed by atoms with Gasteiger partial charge in [0, 0.05) is 12.2 Å². The number of esters is 1. The Kier molecular flexibility index (Phi) is 8.92. The van der Waals surface area contributed by atoms with E-state index >= 15 is 0 Å². The molecule has 1 N–H and O–H groups in total. The summed E-state index contributed by atoms with van der Waals surface area (Å²) in [5.74, 6) is -0.198. The van der Waals surface area contributed by atoms with Gasteiger partial charge in [0.25, 0.3) is 0 Å². The minimum atomic E-state index is -1.13. The average molecular weight is 430 g/mol. The molecule has 0 aliphatic rings. The van der Waals surface area contributed by atoms with Gasteiger partial charge in [-0.15, -0.1) is 0 Å². The third-order valence-corrected chi connectivity index (χ3v) is 4.78. The number of hydrogen-bond acceptors (Lipinski definition) is 6. The predicted molar refractivity (Wildman–Crippen MR) is 117 cm³/mol. The molecule has 0 heterocycles. The molecule has 0 saturated heterocycles. The largest absolute Gasteiger partial charge is 0.459 e. The molecule has 0 radical (unpaired) electrons. The second-order valence-corrected chi connectivity index (χ2v) is 8.68. The van der Waals surface area contributed by atoms with Crippen LogP contribution >= 0.6 is 11.8 Å². The van der Waals surface area contributed by atoms with Crippen molar-refractivity contribution in [2.75, 3.05) is 0 Å². The van der Waals surface area contributed by atoms with Gasteiger partial charge in [-0.05, 0) is 31.9 Å².